The summed E-state index contributed by atoms with van der Waals surface area (Å²) in [5.74, 6) is -0.924. The lowest BCUT2D eigenvalue weighted by Gasteiger charge is -2.12. The molecule has 1 fully saturated rings. The van der Waals surface area contributed by atoms with E-state index >= 15 is 0 Å². The number of hydrogen-bond acceptors (Lipinski definition) is 6. The van der Waals surface area contributed by atoms with Crippen molar-refractivity contribution in [1.29, 1.82) is 0 Å². The van der Waals surface area contributed by atoms with E-state index in [2.05, 4.69) is 21.7 Å². The van der Waals surface area contributed by atoms with Crippen molar-refractivity contribution in [2.75, 3.05) is 6.26 Å². The van der Waals surface area contributed by atoms with Crippen molar-refractivity contribution in [3.8, 4) is 0 Å². The predicted molar refractivity (Wildman–Crippen MR) is 104 cm³/mol. The first kappa shape index (κ1) is 20.0. The second-order valence-electron chi connectivity index (χ2n) is 6.75. The molecule has 0 bridgehead atoms. The zero-order valence-electron chi connectivity index (χ0n) is 15.3. The third-order valence-corrected chi connectivity index (χ3v) is 5.22. The Balaban J connectivity index is 1.50. The summed E-state index contributed by atoms with van der Waals surface area (Å²) in [5, 5.41) is 0. The van der Waals surface area contributed by atoms with E-state index in [-0.39, 0.29) is 17.7 Å². The highest BCUT2D eigenvalue weighted by Crippen LogP contribution is 2.21. The van der Waals surface area contributed by atoms with Gasteiger partial charge in [-0.3, -0.25) is 20.4 Å². The van der Waals surface area contributed by atoms with Crippen LogP contribution in [0.3, 0.4) is 0 Å². The highest BCUT2D eigenvalue weighted by atomic mass is 32.2. The van der Waals surface area contributed by atoms with E-state index in [1.807, 2.05) is 30.3 Å². The molecule has 0 spiro atoms. The predicted octanol–water partition coefficient (Wildman–Crippen LogP) is 0.600. The molecule has 2 amide bonds. The van der Waals surface area contributed by atoms with Crippen LogP contribution in [0.4, 0.5) is 0 Å². The number of amides is 2. The molecule has 9 heteroatoms. The molecule has 4 N–H and O–H groups in total. The van der Waals surface area contributed by atoms with Crippen molar-refractivity contribution in [3.63, 3.8) is 0 Å². The molecule has 3 rings (SSSR count). The van der Waals surface area contributed by atoms with E-state index < -0.39 is 21.8 Å². The van der Waals surface area contributed by atoms with Gasteiger partial charge in [0, 0.05) is 17.9 Å². The highest BCUT2D eigenvalue weighted by Gasteiger charge is 2.30. The van der Waals surface area contributed by atoms with Crippen molar-refractivity contribution >= 4 is 21.7 Å². The fourth-order valence-electron chi connectivity index (χ4n) is 2.96. The molecule has 0 saturated carbocycles. The minimum Gasteiger partial charge on any atom is -0.271 e. The maximum absolute atomic E-state index is 12.3. The van der Waals surface area contributed by atoms with Crippen LogP contribution in [0.25, 0.3) is 0 Å². The van der Waals surface area contributed by atoms with Crippen LogP contribution in [0.1, 0.15) is 33.9 Å². The number of sulfone groups is 1. The van der Waals surface area contributed by atoms with Crippen LogP contribution in [0.2, 0.25) is 0 Å². The Morgan fingerprint density at radius 3 is 2.32 bits per heavy atom. The number of hydrazine groups is 2. The molecule has 0 radical (unpaired) electrons. The molecule has 148 valence electrons. The summed E-state index contributed by atoms with van der Waals surface area (Å²) in [6.07, 6.45) is 1.70. The molecule has 1 heterocycles. The summed E-state index contributed by atoms with van der Waals surface area (Å²) in [4.78, 5) is 24.4. The standard InChI is InChI=1S/C19H22N4O4S/c1-28(26,27)12-13-7-9-15(10-8-13)18(24)22-23-19(25)17-11-16(20-21-17)14-5-3-2-4-6-14/h2-10,16-17,20-21H,11-12H2,1H3,(H,22,24)(H,23,25). The Hall–Kier alpha value is -2.75. The third-order valence-electron chi connectivity index (χ3n) is 4.37. The van der Waals surface area contributed by atoms with E-state index in [0.29, 0.717) is 17.5 Å². The molecule has 2 unspecified atom stereocenters. The van der Waals surface area contributed by atoms with Gasteiger partial charge in [-0.25, -0.2) is 19.3 Å². The van der Waals surface area contributed by atoms with E-state index in [9.17, 15) is 18.0 Å². The van der Waals surface area contributed by atoms with Gasteiger partial charge in [-0.2, -0.15) is 0 Å². The lowest BCUT2D eigenvalue weighted by Crippen LogP contribution is -2.50. The minimum absolute atomic E-state index is 0.00930. The van der Waals surface area contributed by atoms with Crippen molar-refractivity contribution in [2.45, 2.75) is 24.3 Å². The van der Waals surface area contributed by atoms with Gasteiger partial charge in [-0.15, -0.1) is 0 Å². The molecule has 2 atom stereocenters. The van der Waals surface area contributed by atoms with Crippen LogP contribution in [0.15, 0.2) is 54.6 Å². The van der Waals surface area contributed by atoms with Gasteiger partial charge in [0.1, 0.15) is 6.04 Å². The number of rotatable bonds is 5. The number of carbonyl (C=O) groups is 2. The SMILES string of the molecule is CS(=O)(=O)Cc1ccc(C(=O)NNC(=O)C2CC(c3ccccc3)NN2)cc1. The summed E-state index contributed by atoms with van der Waals surface area (Å²) in [6.45, 7) is 0. The Labute approximate surface area is 163 Å². The summed E-state index contributed by atoms with van der Waals surface area (Å²) in [5.41, 5.74) is 12.8. The van der Waals surface area contributed by atoms with Gasteiger partial charge >= 0.3 is 0 Å². The summed E-state index contributed by atoms with van der Waals surface area (Å²) in [7, 11) is -3.14. The van der Waals surface area contributed by atoms with Gasteiger partial charge in [-0.1, -0.05) is 42.5 Å². The quantitative estimate of drug-likeness (QED) is 0.544. The van der Waals surface area contributed by atoms with Crippen LogP contribution in [-0.4, -0.2) is 32.5 Å². The van der Waals surface area contributed by atoms with Gasteiger partial charge in [0.15, 0.2) is 9.84 Å². The lowest BCUT2D eigenvalue weighted by atomic mass is 10.0. The third kappa shape index (κ3) is 5.38. The second-order valence-corrected chi connectivity index (χ2v) is 8.89. The fraction of sp³-hybridized carbons (Fsp3) is 0.263. The average molecular weight is 402 g/mol. The molecule has 2 aromatic carbocycles. The van der Waals surface area contributed by atoms with Gasteiger partial charge in [0.2, 0.25) is 0 Å². The number of nitrogens with one attached hydrogen (secondary N) is 4. The Bertz CT molecular complexity index is 946. The molecule has 1 aliphatic heterocycles. The smallest absolute Gasteiger partial charge is 0.269 e. The molecule has 1 aliphatic rings. The van der Waals surface area contributed by atoms with Gasteiger partial charge in [0.25, 0.3) is 11.8 Å². The highest BCUT2D eigenvalue weighted by molar-refractivity contribution is 7.89. The minimum atomic E-state index is -3.14. The van der Waals surface area contributed by atoms with Crippen molar-refractivity contribution in [3.05, 3.63) is 71.3 Å². The topological polar surface area (TPSA) is 116 Å². The van der Waals surface area contributed by atoms with Gasteiger partial charge in [-0.05, 0) is 29.7 Å². The van der Waals surface area contributed by atoms with E-state index in [4.69, 9.17) is 0 Å². The monoisotopic (exact) mass is 402 g/mol. The van der Waals surface area contributed by atoms with Crippen LogP contribution in [-0.2, 0) is 20.4 Å². The van der Waals surface area contributed by atoms with Crippen LogP contribution >= 0.6 is 0 Å². The molecule has 2 aromatic rings. The van der Waals surface area contributed by atoms with Crippen molar-refractivity contribution < 1.29 is 18.0 Å². The van der Waals surface area contributed by atoms with E-state index in [1.54, 1.807) is 12.1 Å². The normalized spacial score (nSPS) is 19.2. The summed E-state index contributed by atoms with van der Waals surface area (Å²) >= 11 is 0. The molecule has 0 aliphatic carbocycles. The molecule has 1 saturated heterocycles. The maximum Gasteiger partial charge on any atom is 0.269 e. The second kappa shape index (κ2) is 8.51. The number of benzene rings is 2. The first-order valence-corrected chi connectivity index (χ1v) is 10.8. The maximum atomic E-state index is 12.3. The van der Waals surface area contributed by atoms with Gasteiger partial charge < -0.3 is 0 Å². The molecule has 0 aromatic heterocycles. The van der Waals surface area contributed by atoms with E-state index in [1.165, 1.54) is 12.1 Å². The summed E-state index contributed by atoms with van der Waals surface area (Å²) in [6, 6.07) is 15.5. The Kier molecular flexibility index (Phi) is 6.08. The zero-order chi connectivity index (χ0) is 20.1. The van der Waals surface area contributed by atoms with Crippen LogP contribution < -0.4 is 21.7 Å². The van der Waals surface area contributed by atoms with Crippen molar-refractivity contribution in [2.24, 2.45) is 0 Å². The average Bonchev–Trinajstić information content (AvgIpc) is 3.16. The zero-order valence-corrected chi connectivity index (χ0v) is 16.1. The molecule has 8 nitrogen and oxygen atoms in total. The largest absolute Gasteiger partial charge is 0.271 e. The number of carbonyl (C=O) groups excluding carboxylic acids is 2. The Morgan fingerprint density at radius 2 is 1.68 bits per heavy atom. The molecule has 28 heavy (non-hydrogen) atoms. The van der Waals surface area contributed by atoms with E-state index in [0.717, 1.165) is 11.8 Å². The first-order valence-electron chi connectivity index (χ1n) is 8.75. The molecular weight excluding hydrogens is 380 g/mol. The Morgan fingerprint density at radius 1 is 1.00 bits per heavy atom. The fourth-order valence-corrected chi connectivity index (χ4v) is 3.76. The number of hydrogen-bond donors (Lipinski definition) is 4. The summed E-state index contributed by atoms with van der Waals surface area (Å²) < 4.78 is 22.6. The van der Waals surface area contributed by atoms with Crippen LogP contribution in [0, 0.1) is 0 Å². The molecular formula is C19H22N4O4S. The van der Waals surface area contributed by atoms with Crippen molar-refractivity contribution in [1.82, 2.24) is 21.7 Å². The van der Waals surface area contributed by atoms with Gasteiger partial charge in [0.05, 0.1) is 5.75 Å². The van der Waals surface area contributed by atoms with Crippen LogP contribution in [0.5, 0.6) is 0 Å². The first-order chi connectivity index (χ1) is 13.3. The lowest BCUT2D eigenvalue weighted by molar-refractivity contribution is -0.123.